The minimum absolute atomic E-state index is 0.0962. The van der Waals surface area contributed by atoms with Gasteiger partial charge in [-0.15, -0.1) is 0 Å². The predicted molar refractivity (Wildman–Crippen MR) is 83.4 cm³/mol. The molecule has 2 aromatic rings. The normalized spacial score (nSPS) is 11.0. The Morgan fingerprint density at radius 2 is 1.84 bits per heavy atom. The third-order valence-electron chi connectivity index (χ3n) is 3.33. The van der Waals surface area contributed by atoms with Gasteiger partial charge in [0.25, 0.3) is 11.6 Å². The summed E-state index contributed by atoms with van der Waals surface area (Å²) in [5.74, 6) is -0.498. The van der Waals surface area contributed by atoms with Crippen LogP contribution < -0.4 is 10.1 Å². The van der Waals surface area contributed by atoms with E-state index in [1.54, 1.807) is 0 Å². The van der Waals surface area contributed by atoms with Crippen molar-refractivity contribution in [2.45, 2.75) is 13.1 Å². The number of nitro groups is 1. The van der Waals surface area contributed by atoms with E-state index in [0.29, 0.717) is 0 Å². The van der Waals surface area contributed by atoms with E-state index in [1.807, 2.05) is 0 Å². The van der Waals surface area contributed by atoms with E-state index in [2.05, 4.69) is 5.32 Å². The summed E-state index contributed by atoms with van der Waals surface area (Å²) < 4.78 is 42.5. The Kier molecular flexibility index (Phi) is 5.26. The molecule has 0 spiro atoms. The number of benzene rings is 2. The van der Waals surface area contributed by atoms with Crippen molar-refractivity contribution in [2.24, 2.45) is 0 Å². The number of anilines is 1. The summed E-state index contributed by atoms with van der Waals surface area (Å²) in [7, 11) is 0. The Morgan fingerprint density at radius 3 is 2.40 bits per heavy atom. The molecule has 0 saturated carbocycles. The minimum atomic E-state index is -4.45. The molecule has 0 fully saturated rings. The fourth-order valence-electron chi connectivity index (χ4n) is 2.03. The van der Waals surface area contributed by atoms with E-state index in [-0.39, 0.29) is 22.7 Å². The smallest absolute Gasteiger partial charge is 0.416 e. The fraction of sp³-hybridized carbons (Fsp3) is 0.188. The van der Waals surface area contributed by atoms with Gasteiger partial charge in [-0.2, -0.15) is 13.2 Å². The van der Waals surface area contributed by atoms with Crippen molar-refractivity contribution in [3.63, 3.8) is 0 Å². The molecule has 0 aliphatic carbocycles. The molecular formula is C16H13F3N2O4. The molecule has 0 heterocycles. The van der Waals surface area contributed by atoms with Crippen molar-refractivity contribution >= 4 is 17.3 Å². The number of amides is 1. The highest BCUT2D eigenvalue weighted by Crippen LogP contribution is 2.30. The van der Waals surface area contributed by atoms with Gasteiger partial charge in [0.2, 0.25) is 0 Å². The Bertz CT molecular complexity index is 789. The number of nitrogens with zero attached hydrogens (tertiary/aromatic N) is 1. The van der Waals surface area contributed by atoms with Gasteiger partial charge in [0, 0.05) is 6.07 Å². The quantitative estimate of drug-likeness (QED) is 0.651. The number of rotatable bonds is 5. The average molecular weight is 354 g/mol. The van der Waals surface area contributed by atoms with Crippen LogP contribution in [0.3, 0.4) is 0 Å². The number of nitrogens with one attached hydrogen (secondary N) is 1. The van der Waals surface area contributed by atoms with Crippen LogP contribution in [0, 0.1) is 17.0 Å². The SMILES string of the molecule is Cc1c(NC(=O)COc2ccc(C(F)(F)F)cc2)cccc1[N+](=O)[O-]. The molecule has 0 aliphatic rings. The van der Waals surface area contributed by atoms with Gasteiger partial charge in [-0.3, -0.25) is 14.9 Å². The second kappa shape index (κ2) is 7.20. The fourth-order valence-corrected chi connectivity index (χ4v) is 2.03. The van der Waals surface area contributed by atoms with E-state index in [9.17, 15) is 28.1 Å². The van der Waals surface area contributed by atoms with E-state index in [1.165, 1.54) is 25.1 Å². The number of alkyl halides is 3. The number of carbonyl (C=O) groups excluding carboxylic acids is 1. The van der Waals surface area contributed by atoms with E-state index < -0.39 is 29.2 Å². The Hall–Kier alpha value is -3.10. The van der Waals surface area contributed by atoms with Crippen LogP contribution in [0.5, 0.6) is 5.75 Å². The van der Waals surface area contributed by atoms with Crippen LogP contribution in [0.15, 0.2) is 42.5 Å². The van der Waals surface area contributed by atoms with Crippen molar-refractivity contribution in [3.05, 3.63) is 63.7 Å². The topological polar surface area (TPSA) is 81.5 Å². The number of hydrogen-bond donors (Lipinski definition) is 1. The third kappa shape index (κ3) is 4.69. The number of nitro benzene ring substituents is 1. The van der Waals surface area contributed by atoms with Crippen molar-refractivity contribution in [3.8, 4) is 5.75 Å². The predicted octanol–water partition coefficient (Wildman–Crippen LogP) is 3.94. The molecule has 0 aliphatic heterocycles. The highest BCUT2D eigenvalue weighted by molar-refractivity contribution is 5.93. The molecule has 25 heavy (non-hydrogen) atoms. The molecule has 0 unspecified atom stereocenters. The monoisotopic (exact) mass is 354 g/mol. The van der Waals surface area contributed by atoms with E-state index in [0.717, 1.165) is 24.3 Å². The van der Waals surface area contributed by atoms with Gasteiger partial charge in [0.05, 0.1) is 21.7 Å². The molecule has 1 amide bonds. The zero-order valence-corrected chi connectivity index (χ0v) is 13.0. The van der Waals surface area contributed by atoms with Gasteiger partial charge < -0.3 is 10.1 Å². The first-order valence-corrected chi connectivity index (χ1v) is 7.02. The van der Waals surface area contributed by atoms with Gasteiger partial charge in [-0.25, -0.2) is 0 Å². The summed E-state index contributed by atoms with van der Waals surface area (Å²) in [5, 5.41) is 13.3. The number of halogens is 3. The lowest BCUT2D eigenvalue weighted by Crippen LogP contribution is -2.20. The molecule has 1 N–H and O–H groups in total. The van der Waals surface area contributed by atoms with Crippen LogP contribution >= 0.6 is 0 Å². The van der Waals surface area contributed by atoms with Crippen LogP contribution in [0.1, 0.15) is 11.1 Å². The summed E-state index contributed by atoms with van der Waals surface area (Å²) >= 11 is 0. The van der Waals surface area contributed by atoms with Crippen LogP contribution in [0.2, 0.25) is 0 Å². The summed E-state index contributed by atoms with van der Waals surface area (Å²) in [6.07, 6.45) is -4.45. The summed E-state index contributed by atoms with van der Waals surface area (Å²) in [6.45, 7) is 1.04. The van der Waals surface area contributed by atoms with Crippen molar-refractivity contribution < 1.29 is 27.6 Å². The Balaban J connectivity index is 1.97. The van der Waals surface area contributed by atoms with E-state index >= 15 is 0 Å². The molecule has 0 aromatic heterocycles. The number of ether oxygens (including phenoxy) is 1. The first-order chi connectivity index (χ1) is 11.7. The maximum absolute atomic E-state index is 12.5. The lowest BCUT2D eigenvalue weighted by molar-refractivity contribution is -0.385. The summed E-state index contributed by atoms with van der Waals surface area (Å²) in [5.41, 5.74) is -0.413. The second-order valence-electron chi connectivity index (χ2n) is 5.07. The Morgan fingerprint density at radius 1 is 1.20 bits per heavy atom. The largest absolute Gasteiger partial charge is 0.484 e. The lowest BCUT2D eigenvalue weighted by atomic mass is 10.1. The molecule has 2 rings (SSSR count). The molecule has 132 valence electrons. The molecular weight excluding hydrogens is 341 g/mol. The molecule has 6 nitrogen and oxygen atoms in total. The van der Waals surface area contributed by atoms with Crippen molar-refractivity contribution in [1.29, 1.82) is 0 Å². The first-order valence-electron chi connectivity index (χ1n) is 7.02. The summed E-state index contributed by atoms with van der Waals surface area (Å²) in [4.78, 5) is 22.2. The van der Waals surface area contributed by atoms with Crippen LogP contribution in [0.4, 0.5) is 24.5 Å². The molecule has 0 atom stereocenters. The number of carbonyl (C=O) groups is 1. The van der Waals surface area contributed by atoms with Crippen LogP contribution in [0.25, 0.3) is 0 Å². The van der Waals surface area contributed by atoms with Crippen LogP contribution in [-0.2, 0) is 11.0 Å². The minimum Gasteiger partial charge on any atom is -0.484 e. The van der Waals surface area contributed by atoms with Gasteiger partial charge in [-0.1, -0.05) is 6.07 Å². The first kappa shape index (κ1) is 18.2. The second-order valence-corrected chi connectivity index (χ2v) is 5.07. The maximum atomic E-state index is 12.5. The van der Waals surface area contributed by atoms with E-state index in [4.69, 9.17) is 4.74 Å². The standard InChI is InChI=1S/C16H13F3N2O4/c1-10-13(3-2-4-14(10)21(23)24)20-15(22)9-25-12-7-5-11(6-8-12)16(17,18)19/h2-8H,9H2,1H3,(H,20,22). The highest BCUT2D eigenvalue weighted by atomic mass is 19.4. The highest BCUT2D eigenvalue weighted by Gasteiger charge is 2.30. The van der Waals surface area contributed by atoms with Gasteiger partial charge >= 0.3 is 6.18 Å². The van der Waals surface area contributed by atoms with Gasteiger partial charge in [-0.05, 0) is 37.3 Å². The Labute approximate surface area is 140 Å². The lowest BCUT2D eigenvalue weighted by Gasteiger charge is -2.11. The zero-order chi connectivity index (χ0) is 18.6. The third-order valence-corrected chi connectivity index (χ3v) is 3.33. The molecule has 9 heteroatoms. The molecule has 2 aromatic carbocycles. The summed E-state index contributed by atoms with van der Waals surface area (Å²) in [6, 6.07) is 8.14. The van der Waals surface area contributed by atoms with Gasteiger partial charge in [0.1, 0.15) is 5.75 Å². The number of hydrogen-bond acceptors (Lipinski definition) is 4. The molecule has 0 bridgehead atoms. The molecule has 0 radical (unpaired) electrons. The van der Waals surface area contributed by atoms with Crippen molar-refractivity contribution in [1.82, 2.24) is 0 Å². The van der Waals surface area contributed by atoms with Crippen molar-refractivity contribution in [2.75, 3.05) is 11.9 Å². The average Bonchev–Trinajstić information content (AvgIpc) is 2.54. The van der Waals surface area contributed by atoms with Gasteiger partial charge in [0.15, 0.2) is 6.61 Å². The molecule has 0 saturated heterocycles. The maximum Gasteiger partial charge on any atom is 0.416 e. The zero-order valence-electron chi connectivity index (χ0n) is 13.0. The van der Waals surface area contributed by atoms with Crippen LogP contribution in [-0.4, -0.2) is 17.4 Å².